The smallest absolute Gasteiger partial charge is 0.0546 e. The fourth-order valence-electron chi connectivity index (χ4n) is 9.89. The predicted octanol–water partition coefficient (Wildman–Crippen LogP) is 15.7. The van der Waals surface area contributed by atoms with Crippen molar-refractivity contribution in [2.75, 3.05) is 4.90 Å². The molecule has 1 atom stereocenters. The summed E-state index contributed by atoms with van der Waals surface area (Å²) >= 11 is 0. The number of benzene rings is 9. The largest absolute Gasteiger partial charge is 0.310 e. The van der Waals surface area contributed by atoms with Crippen molar-refractivity contribution in [1.82, 2.24) is 0 Å². The fraction of sp³-hybridized carbons (Fsp3) is 0.0877. The number of hydrogen-bond acceptors (Lipinski definition) is 1. The molecule has 0 saturated heterocycles. The van der Waals surface area contributed by atoms with Gasteiger partial charge in [0.2, 0.25) is 0 Å². The van der Waals surface area contributed by atoms with Crippen molar-refractivity contribution < 1.29 is 0 Å². The van der Waals surface area contributed by atoms with Crippen LogP contribution in [0, 0.1) is 0 Å². The molecule has 1 nitrogen and oxygen atoms in total. The lowest BCUT2D eigenvalue weighted by Gasteiger charge is -2.29. The van der Waals surface area contributed by atoms with Crippen LogP contribution in [-0.4, -0.2) is 0 Å². The lowest BCUT2D eigenvalue weighted by atomic mass is 9.77. The van der Waals surface area contributed by atoms with E-state index in [2.05, 4.69) is 225 Å². The van der Waals surface area contributed by atoms with Gasteiger partial charge in [0, 0.05) is 28.1 Å². The highest BCUT2D eigenvalue weighted by Crippen LogP contribution is 2.53. The molecule has 276 valence electrons. The average Bonchev–Trinajstić information content (AvgIpc) is 3.52. The van der Waals surface area contributed by atoms with Gasteiger partial charge in [0.25, 0.3) is 0 Å². The third kappa shape index (κ3) is 5.53. The summed E-state index contributed by atoms with van der Waals surface area (Å²) in [7, 11) is 0. The number of hydrogen-bond donors (Lipinski definition) is 0. The van der Waals surface area contributed by atoms with Gasteiger partial charge in [0.1, 0.15) is 0 Å². The monoisotopic (exact) mass is 741 g/mol. The number of anilines is 3. The van der Waals surface area contributed by atoms with Crippen molar-refractivity contribution in [3.05, 3.63) is 229 Å². The second-order valence-corrected chi connectivity index (χ2v) is 16.4. The van der Waals surface area contributed by atoms with Gasteiger partial charge in [0.15, 0.2) is 0 Å². The van der Waals surface area contributed by atoms with Crippen LogP contribution in [0.15, 0.2) is 212 Å². The zero-order valence-corrected chi connectivity index (χ0v) is 32.9. The van der Waals surface area contributed by atoms with Crippen LogP contribution in [0.2, 0.25) is 0 Å². The lowest BCUT2D eigenvalue weighted by Crippen LogP contribution is -2.17. The Bertz CT molecular complexity index is 3090. The molecular weight excluding hydrogens is 699 g/mol. The molecule has 1 heteroatoms. The average molecular weight is 742 g/mol. The van der Waals surface area contributed by atoms with Gasteiger partial charge < -0.3 is 4.90 Å². The first-order valence-corrected chi connectivity index (χ1v) is 20.5. The van der Waals surface area contributed by atoms with Crippen LogP contribution >= 0.6 is 0 Å². The Kier molecular flexibility index (Phi) is 8.05. The van der Waals surface area contributed by atoms with Crippen molar-refractivity contribution in [3.8, 4) is 22.3 Å². The van der Waals surface area contributed by atoms with Crippen LogP contribution in [0.25, 0.3) is 60.1 Å². The Morgan fingerprint density at radius 1 is 0.483 bits per heavy atom. The molecule has 0 bridgehead atoms. The molecule has 2 aliphatic carbocycles. The van der Waals surface area contributed by atoms with Crippen molar-refractivity contribution in [2.45, 2.75) is 31.6 Å². The van der Waals surface area contributed by atoms with Crippen molar-refractivity contribution in [3.63, 3.8) is 0 Å². The Morgan fingerprint density at radius 2 is 1.10 bits per heavy atom. The summed E-state index contributed by atoms with van der Waals surface area (Å²) in [4.78, 5) is 2.45. The summed E-state index contributed by atoms with van der Waals surface area (Å²) in [5.74, 6) is 0.330. The maximum Gasteiger partial charge on any atom is 0.0546 e. The van der Waals surface area contributed by atoms with E-state index in [4.69, 9.17) is 0 Å². The Hall–Kier alpha value is -6.96. The standard InChI is InChI=1S/C57H43N/c1-57(2)53-23-13-12-21-50(53)51-35-29-42(36-54(51)57)38-24-30-44(31-25-38)58(55-37-43-17-7-8-18-46(43)49-20-10-11-22-52(49)55)45-32-26-40(27-33-45)48-34-28-39-14-6-9-19-47(39)56(48)41-15-4-3-5-16-41/h3-28,30-37,42H,29H2,1-2H3. The summed E-state index contributed by atoms with van der Waals surface area (Å²) in [6.45, 7) is 4.76. The van der Waals surface area contributed by atoms with Gasteiger partial charge >= 0.3 is 0 Å². The highest BCUT2D eigenvalue weighted by Gasteiger charge is 2.39. The highest BCUT2D eigenvalue weighted by atomic mass is 15.1. The first-order valence-electron chi connectivity index (χ1n) is 20.5. The maximum atomic E-state index is 2.55. The second kappa shape index (κ2) is 13.6. The van der Waals surface area contributed by atoms with Crippen molar-refractivity contribution in [1.29, 1.82) is 0 Å². The summed E-state index contributed by atoms with van der Waals surface area (Å²) in [5.41, 5.74) is 15.4. The van der Waals surface area contributed by atoms with Gasteiger partial charge in [0.05, 0.1) is 5.69 Å². The van der Waals surface area contributed by atoms with Crippen LogP contribution < -0.4 is 4.90 Å². The number of fused-ring (bicyclic) bond motifs is 7. The van der Waals surface area contributed by atoms with Crippen LogP contribution in [-0.2, 0) is 5.41 Å². The van der Waals surface area contributed by atoms with E-state index in [1.165, 1.54) is 88.1 Å². The zero-order valence-electron chi connectivity index (χ0n) is 32.9. The van der Waals surface area contributed by atoms with E-state index in [-0.39, 0.29) is 5.41 Å². The molecule has 9 aromatic carbocycles. The molecule has 1 unspecified atom stereocenters. The third-order valence-corrected chi connectivity index (χ3v) is 12.8. The normalized spacial score (nSPS) is 15.5. The van der Waals surface area contributed by atoms with E-state index in [9.17, 15) is 0 Å². The summed E-state index contributed by atoms with van der Waals surface area (Å²) in [5, 5.41) is 7.50. The van der Waals surface area contributed by atoms with Gasteiger partial charge in [-0.2, -0.15) is 0 Å². The van der Waals surface area contributed by atoms with Crippen molar-refractivity contribution >= 4 is 55.0 Å². The molecule has 0 heterocycles. The molecule has 0 spiro atoms. The van der Waals surface area contributed by atoms with Crippen LogP contribution in [0.4, 0.5) is 17.1 Å². The minimum Gasteiger partial charge on any atom is -0.310 e. The van der Waals surface area contributed by atoms with E-state index in [0.29, 0.717) is 5.92 Å². The quantitative estimate of drug-likeness (QED) is 0.153. The number of nitrogens with zero attached hydrogens (tertiary/aromatic N) is 1. The molecule has 0 radical (unpaired) electrons. The first-order chi connectivity index (χ1) is 28.5. The topological polar surface area (TPSA) is 3.24 Å². The molecule has 0 N–H and O–H groups in total. The van der Waals surface area contributed by atoms with Crippen LogP contribution in [0.5, 0.6) is 0 Å². The van der Waals surface area contributed by atoms with Crippen LogP contribution in [0.1, 0.15) is 42.9 Å². The van der Waals surface area contributed by atoms with E-state index >= 15 is 0 Å². The summed E-state index contributed by atoms with van der Waals surface area (Å²) in [6.07, 6.45) is 6.03. The molecular formula is C57H43N. The molecule has 0 aliphatic heterocycles. The summed E-state index contributed by atoms with van der Waals surface area (Å²) < 4.78 is 0. The molecule has 11 rings (SSSR count). The molecule has 58 heavy (non-hydrogen) atoms. The fourth-order valence-corrected chi connectivity index (χ4v) is 9.89. The highest BCUT2D eigenvalue weighted by molar-refractivity contribution is 6.14. The molecule has 0 saturated carbocycles. The van der Waals surface area contributed by atoms with E-state index in [1.807, 2.05) is 0 Å². The summed E-state index contributed by atoms with van der Waals surface area (Å²) in [6, 6.07) is 71.6. The Labute approximate surface area is 340 Å². The number of rotatable bonds is 6. The SMILES string of the molecule is CC1(C)C2=CC(c3ccc(N(c4ccc(-c5ccc6ccccc6c5-c5ccccc5)cc4)c4cc5ccccc5c5ccccc45)cc3)CC=C2c2ccccc21. The lowest BCUT2D eigenvalue weighted by molar-refractivity contribution is 0.648. The molecule has 0 aromatic heterocycles. The van der Waals surface area contributed by atoms with E-state index in [1.54, 1.807) is 0 Å². The molecule has 0 fully saturated rings. The van der Waals surface area contributed by atoms with Gasteiger partial charge in [-0.1, -0.05) is 190 Å². The minimum atomic E-state index is -0.00412. The Morgan fingerprint density at radius 3 is 1.88 bits per heavy atom. The van der Waals surface area contributed by atoms with E-state index in [0.717, 1.165) is 17.8 Å². The maximum absolute atomic E-state index is 2.55. The molecule has 0 amide bonds. The van der Waals surface area contributed by atoms with Gasteiger partial charge in [-0.05, 0) is 114 Å². The van der Waals surface area contributed by atoms with Gasteiger partial charge in [-0.15, -0.1) is 0 Å². The minimum absolute atomic E-state index is 0.00412. The van der Waals surface area contributed by atoms with E-state index < -0.39 is 0 Å². The first kappa shape index (κ1) is 34.3. The third-order valence-electron chi connectivity index (χ3n) is 12.8. The van der Waals surface area contributed by atoms with Crippen molar-refractivity contribution in [2.24, 2.45) is 0 Å². The van der Waals surface area contributed by atoms with Gasteiger partial charge in [-0.25, -0.2) is 0 Å². The zero-order chi connectivity index (χ0) is 38.8. The van der Waals surface area contributed by atoms with Gasteiger partial charge in [-0.3, -0.25) is 0 Å². The second-order valence-electron chi connectivity index (χ2n) is 16.4. The Balaban J connectivity index is 1.03. The van der Waals surface area contributed by atoms with Crippen LogP contribution in [0.3, 0.4) is 0 Å². The number of allylic oxidation sites excluding steroid dienone is 4. The molecule has 9 aromatic rings. The predicted molar refractivity (Wildman–Crippen MR) is 247 cm³/mol. The molecule has 2 aliphatic rings.